The molecule has 0 radical (unpaired) electrons. The molecule has 2 aromatic rings. The van der Waals surface area contributed by atoms with Crippen molar-refractivity contribution >= 4 is 5.57 Å². The van der Waals surface area contributed by atoms with Gasteiger partial charge in [-0.25, -0.2) is 8.78 Å². The van der Waals surface area contributed by atoms with E-state index in [1.54, 1.807) is 6.92 Å². The second kappa shape index (κ2) is 12.0. The zero-order valence-electron chi connectivity index (χ0n) is 23.7. The summed E-state index contributed by atoms with van der Waals surface area (Å²) in [6, 6.07) is 8.03. The van der Waals surface area contributed by atoms with Crippen LogP contribution in [0.15, 0.2) is 71.1 Å². The quantitative estimate of drug-likeness (QED) is 0.235. The first-order valence-electron chi connectivity index (χ1n) is 12.9. The fourth-order valence-electron chi connectivity index (χ4n) is 4.49. The van der Waals surface area contributed by atoms with Crippen LogP contribution in [0, 0.1) is 18.7 Å². The third kappa shape index (κ3) is 7.83. The van der Waals surface area contributed by atoms with E-state index in [4.69, 9.17) is 4.74 Å². The Kier molecular flexibility index (Phi) is 9.32. The highest BCUT2D eigenvalue weighted by atomic mass is 19.4. The molecule has 0 bridgehead atoms. The fraction of sp³-hybridized carbons (Fsp3) is 0.375. The minimum atomic E-state index is -5.10. The van der Waals surface area contributed by atoms with E-state index >= 15 is 8.78 Å². The van der Waals surface area contributed by atoms with E-state index in [-0.39, 0.29) is 5.56 Å². The fourth-order valence-corrected chi connectivity index (χ4v) is 4.49. The molecule has 0 heterocycles. The van der Waals surface area contributed by atoms with E-state index in [0.717, 1.165) is 49.5 Å². The van der Waals surface area contributed by atoms with Crippen LogP contribution in [0.3, 0.4) is 0 Å². The highest BCUT2D eigenvalue weighted by molar-refractivity contribution is 5.67. The molecule has 2 atom stereocenters. The largest absolute Gasteiger partial charge is 0.573 e. The van der Waals surface area contributed by atoms with Gasteiger partial charge in [0, 0.05) is 18.6 Å². The van der Waals surface area contributed by atoms with Crippen molar-refractivity contribution in [2.75, 3.05) is 0 Å². The van der Waals surface area contributed by atoms with Crippen LogP contribution in [0.2, 0.25) is 0 Å². The summed E-state index contributed by atoms with van der Waals surface area (Å²) >= 11 is 0. The second-order valence-electron chi connectivity index (χ2n) is 10.6. The van der Waals surface area contributed by atoms with E-state index in [0.29, 0.717) is 17.6 Å². The number of aryl methyl sites for hydroxylation is 1. The lowest BCUT2D eigenvalue weighted by Gasteiger charge is -2.24. The van der Waals surface area contributed by atoms with Gasteiger partial charge >= 0.3 is 6.36 Å². The van der Waals surface area contributed by atoms with E-state index in [2.05, 4.69) is 29.9 Å². The van der Waals surface area contributed by atoms with Crippen LogP contribution >= 0.6 is 0 Å². The number of benzene rings is 2. The van der Waals surface area contributed by atoms with Crippen LogP contribution in [0.25, 0.3) is 5.57 Å². The van der Waals surface area contributed by atoms with E-state index in [9.17, 15) is 17.6 Å². The maximum Gasteiger partial charge on any atom is 0.573 e. The normalized spacial score (nSPS) is 18.7. The smallest absolute Gasteiger partial charge is 0.454 e. The van der Waals surface area contributed by atoms with Gasteiger partial charge < -0.3 is 9.47 Å². The van der Waals surface area contributed by atoms with Crippen molar-refractivity contribution in [1.82, 2.24) is 0 Å². The summed E-state index contributed by atoms with van der Waals surface area (Å²) < 4.78 is 91.0. The highest BCUT2D eigenvalue weighted by Crippen LogP contribution is 2.36. The molecule has 8 heteroatoms. The van der Waals surface area contributed by atoms with Gasteiger partial charge in [0.15, 0.2) is 11.6 Å². The van der Waals surface area contributed by atoms with Gasteiger partial charge in [0.1, 0.15) is 11.6 Å². The molecule has 1 aliphatic rings. The predicted molar refractivity (Wildman–Crippen MR) is 146 cm³/mol. The van der Waals surface area contributed by atoms with Gasteiger partial charge in [-0.15, -0.1) is 13.2 Å². The van der Waals surface area contributed by atoms with Crippen LogP contribution in [0.4, 0.5) is 26.3 Å². The molecule has 2 nitrogen and oxygen atoms in total. The number of halogens is 6. The molecule has 2 aromatic carbocycles. The molecule has 0 spiro atoms. The summed E-state index contributed by atoms with van der Waals surface area (Å²) in [7, 11) is 0. The number of rotatable bonds is 8. The predicted octanol–water partition coefficient (Wildman–Crippen LogP) is 10.1. The lowest BCUT2D eigenvalue weighted by molar-refractivity contribution is -0.275. The first-order valence-corrected chi connectivity index (χ1v) is 12.9. The minimum Gasteiger partial charge on any atom is -0.454 e. The van der Waals surface area contributed by atoms with Crippen molar-refractivity contribution in [3.05, 3.63) is 99.2 Å². The Morgan fingerprint density at radius 2 is 1.55 bits per heavy atom. The Labute approximate surface area is 231 Å². The van der Waals surface area contributed by atoms with Gasteiger partial charge in [0.25, 0.3) is 5.85 Å². The zero-order valence-corrected chi connectivity index (χ0v) is 23.7. The van der Waals surface area contributed by atoms with Crippen LogP contribution in [-0.2, 0) is 12.8 Å². The van der Waals surface area contributed by atoms with E-state index in [1.807, 2.05) is 26.0 Å². The van der Waals surface area contributed by atoms with Gasteiger partial charge in [0.05, 0.1) is 0 Å². The molecule has 40 heavy (non-hydrogen) atoms. The van der Waals surface area contributed by atoms with Crippen molar-refractivity contribution < 1.29 is 35.8 Å². The monoisotopic (exact) mass is 564 g/mol. The lowest BCUT2D eigenvalue weighted by atomic mass is 10.00. The first-order chi connectivity index (χ1) is 18.5. The Hall–Kier alpha value is -3.42. The number of fused-ring (bicyclic) bond motifs is 1. The molecule has 0 saturated heterocycles. The van der Waals surface area contributed by atoms with Gasteiger partial charge in [0.2, 0.25) is 0 Å². The van der Waals surface area contributed by atoms with Crippen molar-refractivity contribution in [3.63, 3.8) is 0 Å². The van der Waals surface area contributed by atoms with Crippen molar-refractivity contribution in [2.24, 2.45) is 5.92 Å². The molecule has 0 N–H and O–H groups in total. The number of hydrogen-bond acceptors (Lipinski definition) is 2. The topological polar surface area (TPSA) is 18.5 Å². The van der Waals surface area contributed by atoms with Crippen molar-refractivity contribution in [2.45, 2.75) is 73.5 Å². The Morgan fingerprint density at radius 3 is 2.17 bits per heavy atom. The maximum absolute atomic E-state index is 15.4. The maximum atomic E-state index is 15.4. The molecular weight excluding hydrogens is 530 g/mol. The standard InChI is InChI=1S/C32H34F6O2/c1-18-12-25-11-10-24(16-26(25)13-18)20(3)9-8-19(2)21(4)15-28(33)23(6)31(7,35)39-27-14-22(5)30(29(34)17-27)40-32(36,37)38/h8-11,14-18H,12-13H2,1-7H3. The SMILES string of the molecule is CC(=CC=C(C)c1ccc2c(c1)CC(C)C2)C(C)=CC(F)=C(C)C(C)(F)Oc1cc(C)c(OC(F)(F)F)c(F)c1. The number of ether oxygens (including phenoxy) is 2. The average molecular weight is 565 g/mol. The number of alkyl halides is 4. The molecule has 0 aromatic heterocycles. The molecule has 3 rings (SSSR count). The van der Waals surface area contributed by atoms with Crippen LogP contribution in [0.1, 0.15) is 63.8 Å². The summed E-state index contributed by atoms with van der Waals surface area (Å²) in [5.74, 6) is -5.81. The lowest BCUT2D eigenvalue weighted by Crippen LogP contribution is -2.28. The summed E-state index contributed by atoms with van der Waals surface area (Å²) in [6.45, 7) is 11.0. The summed E-state index contributed by atoms with van der Waals surface area (Å²) in [5, 5.41) is 0. The van der Waals surface area contributed by atoms with Crippen molar-refractivity contribution in [1.29, 1.82) is 0 Å². The van der Waals surface area contributed by atoms with Crippen molar-refractivity contribution in [3.8, 4) is 11.5 Å². The first kappa shape index (κ1) is 31.1. The van der Waals surface area contributed by atoms with Crippen LogP contribution in [0.5, 0.6) is 11.5 Å². The highest BCUT2D eigenvalue weighted by Gasteiger charge is 2.35. The molecule has 0 amide bonds. The Bertz CT molecular complexity index is 1370. The summed E-state index contributed by atoms with van der Waals surface area (Å²) in [5.41, 5.74) is 5.57. The molecule has 0 fully saturated rings. The third-order valence-electron chi connectivity index (χ3n) is 7.11. The molecule has 0 saturated carbocycles. The third-order valence-corrected chi connectivity index (χ3v) is 7.11. The minimum absolute atomic E-state index is 0.264. The van der Waals surface area contributed by atoms with Gasteiger partial charge in [-0.05, 0) is 104 Å². The number of hydrogen-bond donors (Lipinski definition) is 0. The van der Waals surface area contributed by atoms with Gasteiger partial charge in [-0.1, -0.05) is 37.3 Å². The molecular formula is C32H34F6O2. The van der Waals surface area contributed by atoms with Gasteiger partial charge in [-0.2, -0.15) is 4.39 Å². The average Bonchev–Trinajstić information content (AvgIpc) is 3.22. The Morgan fingerprint density at radius 1 is 0.900 bits per heavy atom. The van der Waals surface area contributed by atoms with Crippen LogP contribution in [-0.4, -0.2) is 12.2 Å². The van der Waals surface area contributed by atoms with Gasteiger partial charge in [-0.3, -0.25) is 0 Å². The molecule has 1 aliphatic carbocycles. The Balaban J connectivity index is 1.77. The molecule has 0 aliphatic heterocycles. The van der Waals surface area contributed by atoms with E-state index < -0.39 is 40.9 Å². The summed E-state index contributed by atoms with van der Waals surface area (Å²) in [4.78, 5) is 0. The van der Waals surface area contributed by atoms with Crippen LogP contribution < -0.4 is 9.47 Å². The zero-order chi connectivity index (χ0) is 30.0. The van der Waals surface area contributed by atoms with E-state index in [1.165, 1.54) is 24.1 Å². The summed E-state index contributed by atoms with van der Waals surface area (Å²) in [6.07, 6.45) is 2.06. The molecule has 2 unspecified atom stereocenters. The molecule has 216 valence electrons. The number of allylic oxidation sites excluding steroid dienone is 7. The second-order valence-corrected chi connectivity index (χ2v) is 10.6.